The largest absolute Gasteiger partial charge is 0.481 e. The van der Waals surface area contributed by atoms with Crippen LogP contribution in [0.1, 0.15) is 19.3 Å². The summed E-state index contributed by atoms with van der Waals surface area (Å²) in [4.78, 5) is 12.0. The van der Waals surface area contributed by atoms with E-state index in [2.05, 4.69) is 0 Å². The van der Waals surface area contributed by atoms with Crippen molar-refractivity contribution < 1.29 is 9.90 Å². The van der Waals surface area contributed by atoms with Gasteiger partial charge in [-0.15, -0.1) is 0 Å². The molecule has 62 valence electrons. The molecule has 0 aromatic carbocycles. The summed E-state index contributed by atoms with van der Waals surface area (Å²) in [5.74, 6) is -0.670. The van der Waals surface area contributed by atoms with Gasteiger partial charge >= 0.3 is 5.97 Å². The van der Waals surface area contributed by atoms with E-state index in [1.165, 1.54) is 0 Å². The van der Waals surface area contributed by atoms with Gasteiger partial charge in [-0.25, -0.2) is 0 Å². The molecule has 4 heteroatoms. The van der Waals surface area contributed by atoms with Crippen molar-refractivity contribution >= 4 is 11.8 Å². The molecule has 0 unspecified atom stereocenters. The van der Waals surface area contributed by atoms with Crippen LogP contribution < -0.4 is 0 Å². The first-order valence-electron chi connectivity index (χ1n) is 3.74. The van der Waals surface area contributed by atoms with E-state index in [0.29, 0.717) is 0 Å². The van der Waals surface area contributed by atoms with Gasteiger partial charge in [0.15, 0.2) is 0 Å². The third kappa shape index (κ3) is 2.22. The Hall–Kier alpha value is -1.06. The zero-order valence-corrected chi connectivity index (χ0v) is 6.34. The normalized spacial score (nSPS) is 16.9. The third-order valence-corrected chi connectivity index (χ3v) is 1.81. The van der Waals surface area contributed by atoms with Crippen LogP contribution in [0.25, 0.3) is 0 Å². The Morgan fingerprint density at radius 2 is 2.00 bits per heavy atom. The van der Waals surface area contributed by atoms with Crippen LogP contribution in [0.5, 0.6) is 0 Å². The van der Waals surface area contributed by atoms with E-state index in [1.54, 1.807) is 0 Å². The van der Waals surface area contributed by atoms with Gasteiger partial charge in [-0.2, -0.15) is 0 Å². The number of hydrogen-bond donors (Lipinski definition) is 2. The van der Waals surface area contributed by atoms with E-state index in [1.807, 2.05) is 4.90 Å². The Balaban J connectivity index is 2.34. The maximum Gasteiger partial charge on any atom is 0.310 e. The maximum atomic E-state index is 10.2. The van der Waals surface area contributed by atoms with Crippen molar-refractivity contribution in [3.8, 4) is 0 Å². The van der Waals surface area contributed by atoms with Gasteiger partial charge in [0.2, 0.25) is 0 Å². The van der Waals surface area contributed by atoms with Crippen LogP contribution in [0.4, 0.5) is 0 Å². The number of hydrogen-bond acceptors (Lipinski definition) is 2. The fraction of sp³-hybridized carbons (Fsp3) is 0.714. The smallest absolute Gasteiger partial charge is 0.310 e. The summed E-state index contributed by atoms with van der Waals surface area (Å²) >= 11 is 0. The molecule has 0 aliphatic carbocycles. The van der Waals surface area contributed by atoms with E-state index >= 15 is 0 Å². The Bertz CT molecular complexity index is 173. The second-order valence-corrected chi connectivity index (χ2v) is 2.71. The lowest BCUT2D eigenvalue weighted by molar-refractivity contribution is -0.135. The highest BCUT2D eigenvalue weighted by atomic mass is 16.4. The maximum absolute atomic E-state index is 10.2. The molecule has 0 spiro atoms. The van der Waals surface area contributed by atoms with Gasteiger partial charge in [0, 0.05) is 13.1 Å². The van der Waals surface area contributed by atoms with Crippen LogP contribution in [0.2, 0.25) is 0 Å². The number of carboxylic acids is 1. The first kappa shape index (κ1) is 8.04. The van der Waals surface area contributed by atoms with Gasteiger partial charge in [-0.3, -0.25) is 10.2 Å². The highest BCUT2D eigenvalue weighted by Gasteiger charge is 2.16. The first-order chi connectivity index (χ1) is 5.20. The predicted molar refractivity (Wildman–Crippen MR) is 40.8 cm³/mol. The average molecular weight is 156 g/mol. The van der Waals surface area contributed by atoms with Gasteiger partial charge in [0.05, 0.1) is 0 Å². The molecule has 0 aromatic rings. The molecule has 1 fully saturated rings. The number of carboxylic acid groups (broad SMARTS) is 1. The molecule has 1 aliphatic heterocycles. The number of aliphatic carboxylic acids is 1. The van der Waals surface area contributed by atoms with Gasteiger partial charge in [-0.1, -0.05) is 0 Å². The molecule has 0 saturated carbocycles. The van der Waals surface area contributed by atoms with Crippen molar-refractivity contribution in [3.05, 3.63) is 0 Å². The molecule has 0 atom stereocenters. The molecular weight excluding hydrogens is 144 g/mol. The topological polar surface area (TPSA) is 64.4 Å². The quantitative estimate of drug-likeness (QED) is 0.453. The summed E-state index contributed by atoms with van der Waals surface area (Å²) in [6, 6.07) is 0. The summed E-state index contributed by atoms with van der Waals surface area (Å²) in [5.41, 5.74) is 0. The highest BCUT2D eigenvalue weighted by Crippen LogP contribution is 2.08. The minimum Gasteiger partial charge on any atom is -0.481 e. The lowest BCUT2D eigenvalue weighted by Crippen LogP contribution is -2.28. The molecular formula is C7H12N2O2. The van der Waals surface area contributed by atoms with E-state index < -0.39 is 5.97 Å². The number of nitrogens with zero attached hydrogens (tertiary/aromatic N) is 1. The van der Waals surface area contributed by atoms with E-state index in [9.17, 15) is 4.79 Å². The SMILES string of the molecule is N=C(CC(=O)O)N1CCCC1. The number of likely N-dealkylation sites (tertiary alicyclic amines) is 1. The number of amidine groups is 1. The van der Waals surface area contributed by atoms with Crippen molar-refractivity contribution in [2.75, 3.05) is 13.1 Å². The van der Waals surface area contributed by atoms with Gasteiger partial charge in [0.1, 0.15) is 12.3 Å². The fourth-order valence-corrected chi connectivity index (χ4v) is 1.24. The van der Waals surface area contributed by atoms with Crippen molar-refractivity contribution in [1.29, 1.82) is 5.41 Å². The predicted octanol–water partition coefficient (Wildman–Crippen LogP) is 0.534. The minimum absolute atomic E-state index is 0.139. The lowest BCUT2D eigenvalue weighted by Gasteiger charge is -2.16. The number of carbonyl (C=O) groups is 1. The molecule has 0 aromatic heterocycles. The van der Waals surface area contributed by atoms with Gasteiger partial charge in [0.25, 0.3) is 0 Å². The average Bonchev–Trinajstić information content (AvgIpc) is 2.35. The fourth-order valence-electron chi connectivity index (χ4n) is 1.24. The standard InChI is InChI=1S/C7H12N2O2/c8-6(5-7(10)11)9-3-1-2-4-9/h8H,1-5H2,(H,10,11). The van der Waals surface area contributed by atoms with Crippen LogP contribution >= 0.6 is 0 Å². The van der Waals surface area contributed by atoms with E-state index in [4.69, 9.17) is 10.5 Å². The van der Waals surface area contributed by atoms with Crippen LogP contribution in [0, 0.1) is 5.41 Å². The molecule has 1 aliphatic rings. The number of rotatable bonds is 2. The lowest BCUT2D eigenvalue weighted by atomic mass is 10.3. The second-order valence-electron chi connectivity index (χ2n) is 2.71. The highest BCUT2D eigenvalue weighted by molar-refractivity contribution is 5.95. The van der Waals surface area contributed by atoms with E-state index in [0.717, 1.165) is 25.9 Å². The molecule has 11 heavy (non-hydrogen) atoms. The zero-order chi connectivity index (χ0) is 8.27. The van der Waals surface area contributed by atoms with E-state index in [-0.39, 0.29) is 12.3 Å². The summed E-state index contributed by atoms with van der Waals surface area (Å²) in [6.45, 7) is 1.71. The molecule has 1 rings (SSSR count). The van der Waals surface area contributed by atoms with Crippen molar-refractivity contribution in [3.63, 3.8) is 0 Å². The van der Waals surface area contributed by atoms with Crippen molar-refractivity contribution in [1.82, 2.24) is 4.90 Å². The minimum atomic E-state index is -0.915. The molecule has 0 amide bonds. The van der Waals surface area contributed by atoms with Gasteiger partial charge in [-0.05, 0) is 12.8 Å². The molecule has 1 saturated heterocycles. The molecule has 2 N–H and O–H groups in total. The van der Waals surface area contributed by atoms with Gasteiger partial charge < -0.3 is 10.0 Å². The Morgan fingerprint density at radius 1 is 1.45 bits per heavy atom. The number of nitrogens with one attached hydrogen (secondary N) is 1. The zero-order valence-electron chi connectivity index (χ0n) is 6.34. The van der Waals surface area contributed by atoms with Crippen LogP contribution in [0.15, 0.2) is 0 Å². The second kappa shape index (κ2) is 3.37. The summed E-state index contributed by atoms with van der Waals surface area (Å²) < 4.78 is 0. The first-order valence-corrected chi connectivity index (χ1v) is 3.74. The molecule has 0 radical (unpaired) electrons. The monoisotopic (exact) mass is 156 g/mol. The Kier molecular flexibility index (Phi) is 2.46. The Labute approximate surface area is 65.3 Å². The summed E-state index contributed by atoms with van der Waals surface area (Å²) in [7, 11) is 0. The molecule has 0 bridgehead atoms. The van der Waals surface area contributed by atoms with Crippen molar-refractivity contribution in [2.24, 2.45) is 0 Å². The molecule has 4 nitrogen and oxygen atoms in total. The third-order valence-electron chi connectivity index (χ3n) is 1.81. The molecule has 1 heterocycles. The van der Waals surface area contributed by atoms with Crippen LogP contribution in [-0.4, -0.2) is 34.9 Å². The summed E-state index contributed by atoms with van der Waals surface area (Å²) in [6.07, 6.45) is 2.03. The summed E-state index contributed by atoms with van der Waals surface area (Å²) in [5, 5.41) is 15.7. The van der Waals surface area contributed by atoms with Crippen molar-refractivity contribution in [2.45, 2.75) is 19.3 Å². The van der Waals surface area contributed by atoms with Crippen LogP contribution in [0.3, 0.4) is 0 Å². The Morgan fingerprint density at radius 3 is 2.45 bits per heavy atom. The van der Waals surface area contributed by atoms with Crippen LogP contribution in [-0.2, 0) is 4.79 Å².